The van der Waals surface area contributed by atoms with Crippen LogP contribution in [-0.4, -0.2) is 67.9 Å². The molecule has 2 N–H and O–H groups in total. The number of piperazine rings is 1. The van der Waals surface area contributed by atoms with Gasteiger partial charge in [0.15, 0.2) is 0 Å². The van der Waals surface area contributed by atoms with Gasteiger partial charge < -0.3 is 20.4 Å². The molecule has 8 heteroatoms. The van der Waals surface area contributed by atoms with Crippen LogP contribution in [0.5, 0.6) is 0 Å². The SMILES string of the molecule is CN1CCN(C(=O)c2ccc(NC(=O)C3CCNCC3)cc2)CC1.Cl.Cl. The van der Waals surface area contributed by atoms with Crippen LogP contribution < -0.4 is 10.6 Å². The topological polar surface area (TPSA) is 64.7 Å². The van der Waals surface area contributed by atoms with E-state index in [4.69, 9.17) is 0 Å². The monoisotopic (exact) mass is 402 g/mol. The smallest absolute Gasteiger partial charge is 0.253 e. The van der Waals surface area contributed by atoms with Crippen molar-refractivity contribution in [3.8, 4) is 0 Å². The molecule has 0 spiro atoms. The number of amides is 2. The molecular weight excluding hydrogens is 375 g/mol. The van der Waals surface area contributed by atoms with E-state index in [1.165, 1.54) is 0 Å². The Kier molecular flexibility index (Phi) is 9.36. The quantitative estimate of drug-likeness (QED) is 0.809. The lowest BCUT2D eigenvalue weighted by Gasteiger charge is -2.32. The molecule has 2 saturated heterocycles. The number of likely N-dealkylation sites (N-methyl/N-ethyl adjacent to an activating group) is 1. The summed E-state index contributed by atoms with van der Waals surface area (Å²) in [6, 6.07) is 7.25. The molecule has 26 heavy (non-hydrogen) atoms. The number of carbonyl (C=O) groups excluding carboxylic acids is 2. The fourth-order valence-corrected chi connectivity index (χ4v) is 3.22. The standard InChI is InChI=1S/C18H26N4O2.2ClH/c1-21-10-12-22(13-11-21)18(24)15-2-4-16(5-3-15)20-17(23)14-6-8-19-9-7-14;;/h2-5,14,19H,6-13H2,1H3,(H,20,23);2*1H. The Hall–Kier alpha value is -1.34. The lowest BCUT2D eigenvalue weighted by atomic mass is 9.97. The highest BCUT2D eigenvalue weighted by atomic mass is 35.5. The summed E-state index contributed by atoms with van der Waals surface area (Å²) in [5.41, 5.74) is 1.44. The maximum Gasteiger partial charge on any atom is 0.253 e. The number of piperidine rings is 1. The average Bonchev–Trinajstić information content (AvgIpc) is 2.63. The van der Waals surface area contributed by atoms with Crippen molar-refractivity contribution in [1.82, 2.24) is 15.1 Å². The minimum Gasteiger partial charge on any atom is -0.336 e. The molecule has 3 rings (SSSR count). The van der Waals surface area contributed by atoms with Gasteiger partial charge in [0.2, 0.25) is 5.91 Å². The summed E-state index contributed by atoms with van der Waals surface area (Å²) in [5, 5.41) is 6.23. The normalized spacial score (nSPS) is 18.4. The molecule has 1 aromatic carbocycles. The Balaban J connectivity index is 0.00000169. The first-order valence-corrected chi connectivity index (χ1v) is 8.73. The average molecular weight is 403 g/mol. The summed E-state index contributed by atoms with van der Waals surface area (Å²) >= 11 is 0. The van der Waals surface area contributed by atoms with Crippen molar-refractivity contribution in [2.24, 2.45) is 5.92 Å². The van der Waals surface area contributed by atoms with Crippen molar-refractivity contribution in [3.05, 3.63) is 29.8 Å². The zero-order chi connectivity index (χ0) is 16.9. The molecular formula is C18H28Cl2N4O2. The van der Waals surface area contributed by atoms with Crippen molar-refractivity contribution in [3.63, 3.8) is 0 Å². The summed E-state index contributed by atoms with van der Waals surface area (Å²) in [6.45, 7) is 5.16. The van der Waals surface area contributed by atoms with Crippen molar-refractivity contribution in [1.29, 1.82) is 0 Å². The van der Waals surface area contributed by atoms with Crippen molar-refractivity contribution < 1.29 is 9.59 Å². The van der Waals surface area contributed by atoms with Crippen LogP contribution in [0.2, 0.25) is 0 Å². The molecule has 0 aromatic heterocycles. The van der Waals surface area contributed by atoms with Gasteiger partial charge in [-0.05, 0) is 57.2 Å². The van der Waals surface area contributed by atoms with Gasteiger partial charge in [-0.25, -0.2) is 0 Å². The third kappa shape index (κ3) is 5.84. The Labute approximate surface area is 167 Å². The van der Waals surface area contributed by atoms with Gasteiger partial charge in [-0.15, -0.1) is 24.8 Å². The molecule has 0 atom stereocenters. The molecule has 2 fully saturated rings. The Morgan fingerprint density at radius 2 is 1.58 bits per heavy atom. The van der Waals surface area contributed by atoms with Crippen LogP contribution in [0.1, 0.15) is 23.2 Å². The second kappa shape index (κ2) is 10.7. The predicted molar refractivity (Wildman–Crippen MR) is 109 cm³/mol. The van der Waals surface area contributed by atoms with Crippen LogP contribution in [-0.2, 0) is 4.79 Å². The van der Waals surface area contributed by atoms with Crippen LogP contribution in [0.25, 0.3) is 0 Å². The highest BCUT2D eigenvalue weighted by Crippen LogP contribution is 2.17. The number of anilines is 1. The lowest BCUT2D eigenvalue weighted by molar-refractivity contribution is -0.120. The van der Waals surface area contributed by atoms with Gasteiger partial charge in [0.05, 0.1) is 0 Å². The maximum absolute atomic E-state index is 12.5. The van der Waals surface area contributed by atoms with Gasteiger partial charge in [0.1, 0.15) is 0 Å². The van der Waals surface area contributed by atoms with Gasteiger partial charge in [0.25, 0.3) is 5.91 Å². The van der Waals surface area contributed by atoms with Gasteiger partial charge in [-0.1, -0.05) is 0 Å². The number of nitrogens with one attached hydrogen (secondary N) is 2. The lowest BCUT2D eigenvalue weighted by Crippen LogP contribution is -2.47. The van der Waals surface area contributed by atoms with Crippen LogP contribution in [0, 0.1) is 5.92 Å². The number of hydrogen-bond donors (Lipinski definition) is 2. The summed E-state index contributed by atoms with van der Waals surface area (Å²) in [4.78, 5) is 28.9. The highest BCUT2D eigenvalue weighted by molar-refractivity contribution is 5.96. The minimum absolute atomic E-state index is 0. The molecule has 1 aromatic rings. The minimum atomic E-state index is 0. The van der Waals surface area contributed by atoms with Crippen LogP contribution in [0.4, 0.5) is 5.69 Å². The van der Waals surface area contributed by atoms with E-state index in [1.807, 2.05) is 17.0 Å². The number of nitrogens with zero attached hydrogens (tertiary/aromatic N) is 2. The van der Waals surface area contributed by atoms with E-state index in [0.717, 1.165) is 57.8 Å². The van der Waals surface area contributed by atoms with E-state index in [0.29, 0.717) is 5.56 Å². The molecule has 2 aliphatic rings. The number of carbonyl (C=O) groups is 2. The van der Waals surface area contributed by atoms with Crippen LogP contribution >= 0.6 is 24.8 Å². The number of halogens is 2. The molecule has 6 nitrogen and oxygen atoms in total. The van der Waals surface area contributed by atoms with Gasteiger partial charge in [-0.3, -0.25) is 9.59 Å². The highest BCUT2D eigenvalue weighted by Gasteiger charge is 2.22. The third-order valence-electron chi connectivity index (χ3n) is 4.90. The second-order valence-electron chi connectivity index (χ2n) is 6.69. The molecule has 2 heterocycles. The van der Waals surface area contributed by atoms with E-state index < -0.39 is 0 Å². The van der Waals surface area contributed by atoms with Crippen molar-refractivity contribution >= 4 is 42.3 Å². The molecule has 0 saturated carbocycles. The van der Waals surface area contributed by atoms with E-state index in [-0.39, 0.29) is 42.5 Å². The Bertz CT molecular complexity index is 583. The molecule has 0 bridgehead atoms. The zero-order valence-corrected chi connectivity index (χ0v) is 16.7. The molecule has 2 amide bonds. The molecule has 0 radical (unpaired) electrons. The summed E-state index contributed by atoms with van der Waals surface area (Å²) in [5.74, 6) is 0.229. The number of benzene rings is 1. The van der Waals surface area contributed by atoms with Gasteiger partial charge in [0, 0.05) is 43.3 Å². The van der Waals surface area contributed by atoms with E-state index in [1.54, 1.807) is 12.1 Å². The van der Waals surface area contributed by atoms with Gasteiger partial charge in [-0.2, -0.15) is 0 Å². The maximum atomic E-state index is 12.5. The van der Waals surface area contributed by atoms with E-state index >= 15 is 0 Å². The van der Waals surface area contributed by atoms with Gasteiger partial charge >= 0.3 is 0 Å². The van der Waals surface area contributed by atoms with Crippen LogP contribution in [0.3, 0.4) is 0 Å². The third-order valence-corrected chi connectivity index (χ3v) is 4.90. The van der Waals surface area contributed by atoms with Crippen LogP contribution in [0.15, 0.2) is 24.3 Å². The first kappa shape index (κ1) is 22.7. The fourth-order valence-electron chi connectivity index (χ4n) is 3.22. The summed E-state index contributed by atoms with van der Waals surface area (Å²) in [6.07, 6.45) is 1.76. The van der Waals surface area contributed by atoms with Crippen molar-refractivity contribution in [2.45, 2.75) is 12.8 Å². The zero-order valence-electron chi connectivity index (χ0n) is 15.1. The van der Waals surface area contributed by atoms with Crippen molar-refractivity contribution in [2.75, 3.05) is 51.6 Å². The predicted octanol–water partition coefficient (Wildman–Crippen LogP) is 1.86. The second-order valence-corrected chi connectivity index (χ2v) is 6.69. The Morgan fingerprint density at radius 3 is 2.15 bits per heavy atom. The number of hydrogen-bond acceptors (Lipinski definition) is 4. The molecule has 0 aliphatic carbocycles. The number of rotatable bonds is 3. The Morgan fingerprint density at radius 1 is 1.00 bits per heavy atom. The fraction of sp³-hybridized carbons (Fsp3) is 0.556. The summed E-state index contributed by atoms with van der Waals surface area (Å²) < 4.78 is 0. The largest absolute Gasteiger partial charge is 0.336 e. The molecule has 146 valence electrons. The molecule has 0 unspecified atom stereocenters. The molecule has 2 aliphatic heterocycles. The first-order chi connectivity index (χ1) is 11.6. The summed E-state index contributed by atoms with van der Waals surface area (Å²) in [7, 11) is 2.07. The van der Waals surface area contributed by atoms with E-state index in [2.05, 4.69) is 22.6 Å². The van der Waals surface area contributed by atoms with E-state index in [9.17, 15) is 9.59 Å². The first-order valence-electron chi connectivity index (χ1n) is 8.73.